The molecular formula is C46H59NO12. The average Bonchev–Trinajstić information content (AvgIpc) is 3.68. The van der Waals surface area contributed by atoms with Crippen LogP contribution in [-0.4, -0.2) is 89.0 Å². The Bertz CT molecular complexity index is 1990. The molecule has 2 N–H and O–H groups in total. The van der Waals surface area contributed by atoms with Gasteiger partial charge in [-0.15, -0.1) is 0 Å². The van der Waals surface area contributed by atoms with Gasteiger partial charge in [0, 0.05) is 35.7 Å². The number of ether oxygens (including phenoxy) is 8. The number of amides is 1. The number of alkyl carbamates (subject to hydrolysis) is 1. The van der Waals surface area contributed by atoms with Crippen LogP contribution in [-0.2, 0) is 47.5 Å². The van der Waals surface area contributed by atoms with Crippen LogP contribution >= 0.6 is 0 Å². The van der Waals surface area contributed by atoms with Crippen molar-refractivity contribution in [2.75, 3.05) is 6.61 Å². The van der Waals surface area contributed by atoms with Crippen molar-refractivity contribution in [3.05, 3.63) is 82.9 Å². The molecule has 1 amide bonds. The van der Waals surface area contributed by atoms with Gasteiger partial charge in [-0.2, -0.15) is 0 Å². The molecule has 3 aliphatic carbocycles. The molecule has 12 atom stereocenters. The second kappa shape index (κ2) is 14.4. The van der Waals surface area contributed by atoms with Crippen molar-refractivity contribution < 1.29 is 57.4 Å². The number of rotatable bonds is 7. The number of fused-ring (bicyclic) bond motifs is 8. The first-order valence-corrected chi connectivity index (χ1v) is 20.8. The zero-order valence-electron chi connectivity index (χ0n) is 35.7. The number of aliphatic hydroxyl groups excluding tert-OH is 1. The molecule has 2 aromatic rings. The van der Waals surface area contributed by atoms with Gasteiger partial charge in [0.1, 0.15) is 29.5 Å². The minimum absolute atomic E-state index is 0.132. The Kier molecular flexibility index (Phi) is 10.2. The summed E-state index contributed by atoms with van der Waals surface area (Å²) >= 11 is 0. The van der Waals surface area contributed by atoms with E-state index in [4.69, 9.17) is 37.9 Å². The molecule has 2 aromatic carbocycles. The quantitative estimate of drug-likeness (QED) is 0.172. The zero-order chi connectivity index (χ0) is 42.5. The molecule has 0 aromatic heterocycles. The van der Waals surface area contributed by atoms with Crippen molar-refractivity contribution in [2.24, 2.45) is 16.7 Å². The fourth-order valence-corrected chi connectivity index (χ4v) is 11.3. The number of hydrogen-bond acceptors (Lipinski definition) is 12. The van der Waals surface area contributed by atoms with E-state index in [1.807, 2.05) is 51.1 Å². The van der Waals surface area contributed by atoms with Crippen LogP contribution in [0.25, 0.3) is 0 Å². The van der Waals surface area contributed by atoms with E-state index in [0.717, 1.165) is 16.7 Å². The lowest BCUT2D eigenvalue weighted by molar-refractivity contribution is -0.337. The third-order valence-corrected chi connectivity index (χ3v) is 13.8. The maximum Gasteiger partial charge on any atom is 0.408 e. The van der Waals surface area contributed by atoms with Gasteiger partial charge in [0.05, 0.1) is 24.9 Å². The van der Waals surface area contributed by atoms with E-state index in [1.165, 1.54) is 6.92 Å². The number of aliphatic hydroxyl groups is 1. The first-order valence-electron chi connectivity index (χ1n) is 20.8. The summed E-state index contributed by atoms with van der Waals surface area (Å²) in [6.45, 7) is 18.9. The maximum absolute atomic E-state index is 14.4. The number of carbonyl (C=O) groups is 3. The summed E-state index contributed by atoms with van der Waals surface area (Å²) in [5.41, 5.74) is -1.77. The van der Waals surface area contributed by atoms with Gasteiger partial charge in [0.15, 0.2) is 23.8 Å². The number of carbonyl (C=O) groups excluding carboxylic acids is 3. The summed E-state index contributed by atoms with van der Waals surface area (Å²) in [4.78, 5) is 40.7. The predicted molar refractivity (Wildman–Crippen MR) is 212 cm³/mol. The first-order chi connectivity index (χ1) is 27.6. The fraction of sp³-hybridized carbons (Fsp3) is 0.630. The standard InChI is InChI=1S/C46H59NO12/c1-25-29(53-38(50)33(49)32(27-17-13-11-14-18-27)47-40(51)59-41(3,4)5)23-46-37(54-39(58-46)28-19-15-12-16-20-28)35-44(10,22-21-30-45(35,24-52-30)55-26(2)48)36-34(31(25)42(46,6)7)56-43(8,9)57-36/h11-20,29-30,32-37,39,49H,21-24H2,1-10H3,(H,47,51)/t29-,30+,32-,33+,34+,35?,36-,37?,39-,44+,45-,46+/m0/s1. The SMILES string of the molecule is CC(=O)O[C@@]12CO[C@@H]1CC[C@]1(C)C2C2O[C@H](c3ccccc3)O[C@]23C[C@H](OC(=O)[C@H](O)[C@@H](NC(=O)OC(C)(C)C)c2ccccc2)C(C)=C([C@H]2OC(C)(C)O[C@@H]21)C3(C)C. The number of benzene rings is 2. The van der Waals surface area contributed by atoms with Gasteiger partial charge in [-0.1, -0.05) is 81.4 Å². The van der Waals surface area contributed by atoms with E-state index in [0.29, 0.717) is 18.4 Å². The highest BCUT2D eigenvalue weighted by atomic mass is 16.8. The molecule has 2 unspecified atom stereocenters. The third kappa shape index (κ3) is 6.80. The van der Waals surface area contributed by atoms with Crippen LogP contribution in [0.4, 0.5) is 4.79 Å². The Morgan fingerprint density at radius 1 is 0.915 bits per heavy atom. The lowest BCUT2D eigenvalue weighted by atomic mass is 9.45. The molecule has 59 heavy (non-hydrogen) atoms. The van der Waals surface area contributed by atoms with Crippen molar-refractivity contribution >= 4 is 18.0 Å². The van der Waals surface area contributed by atoms with Gasteiger partial charge in [0.2, 0.25) is 0 Å². The Labute approximate surface area is 346 Å². The minimum atomic E-state index is -1.83. The summed E-state index contributed by atoms with van der Waals surface area (Å²) < 4.78 is 53.2. The highest BCUT2D eigenvalue weighted by Crippen LogP contribution is 2.70. The number of esters is 2. The largest absolute Gasteiger partial charge is 0.456 e. The smallest absolute Gasteiger partial charge is 0.408 e. The summed E-state index contributed by atoms with van der Waals surface area (Å²) in [5.74, 6) is -2.91. The van der Waals surface area contributed by atoms with Crippen LogP contribution in [0.15, 0.2) is 71.8 Å². The second-order valence-corrected chi connectivity index (χ2v) is 19.5. The topological polar surface area (TPSA) is 157 Å². The maximum atomic E-state index is 14.4. The van der Waals surface area contributed by atoms with Crippen molar-refractivity contribution in [2.45, 2.75) is 160 Å². The first kappa shape index (κ1) is 41.9. The Hall–Kier alpha value is -3.85. The molecule has 3 heterocycles. The zero-order valence-corrected chi connectivity index (χ0v) is 35.7. The van der Waals surface area contributed by atoms with Gasteiger partial charge < -0.3 is 48.3 Å². The molecular weight excluding hydrogens is 759 g/mol. The molecule has 0 radical (unpaired) electrons. The van der Waals surface area contributed by atoms with Gasteiger partial charge in [-0.25, -0.2) is 9.59 Å². The summed E-state index contributed by atoms with van der Waals surface area (Å²) in [6.07, 6.45) is -5.27. The molecule has 1 spiro atoms. The highest BCUT2D eigenvalue weighted by molar-refractivity contribution is 5.78. The van der Waals surface area contributed by atoms with E-state index in [1.54, 1.807) is 51.1 Å². The Morgan fingerprint density at radius 3 is 2.19 bits per heavy atom. The van der Waals surface area contributed by atoms with Crippen LogP contribution in [0.2, 0.25) is 0 Å². The molecule has 5 fully saturated rings. The molecule has 13 heteroatoms. The van der Waals surface area contributed by atoms with Crippen LogP contribution < -0.4 is 5.32 Å². The summed E-state index contributed by atoms with van der Waals surface area (Å²) in [6, 6.07) is 17.2. The van der Waals surface area contributed by atoms with E-state index >= 15 is 0 Å². The molecule has 6 aliphatic rings. The molecule has 3 saturated heterocycles. The number of nitrogens with one attached hydrogen (secondary N) is 1. The molecule has 3 aliphatic heterocycles. The predicted octanol–water partition coefficient (Wildman–Crippen LogP) is 6.78. The molecule has 8 rings (SSSR count). The van der Waals surface area contributed by atoms with Crippen molar-refractivity contribution in [3.63, 3.8) is 0 Å². The van der Waals surface area contributed by atoms with Crippen LogP contribution in [0.5, 0.6) is 0 Å². The highest BCUT2D eigenvalue weighted by Gasteiger charge is 2.79. The monoisotopic (exact) mass is 817 g/mol. The Morgan fingerprint density at radius 2 is 1.58 bits per heavy atom. The number of hydrogen-bond donors (Lipinski definition) is 2. The van der Waals surface area contributed by atoms with E-state index in [2.05, 4.69) is 26.1 Å². The van der Waals surface area contributed by atoms with Gasteiger partial charge in [0.25, 0.3) is 0 Å². The molecule has 2 saturated carbocycles. The Balaban J connectivity index is 1.27. The van der Waals surface area contributed by atoms with Gasteiger partial charge >= 0.3 is 18.0 Å². The van der Waals surface area contributed by atoms with Crippen molar-refractivity contribution in [1.82, 2.24) is 5.32 Å². The van der Waals surface area contributed by atoms with Crippen LogP contribution in [0, 0.1) is 16.7 Å². The average molecular weight is 818 g/mol. The van der Waals surface area contributed by atoms with Crippen molar-refractivity contribution in [3.8, 4) is 0 Å². The van der Waals surface area contributed by atoms with Crippen LogP contribution in [0.3, 0.4) is 0 Å². The van der Waals surface area contributed by atoms with E-state index < -0.39 is 100 Å². The lowest BCUT2D eigenvalue weighted by Gasteiger charge is -2.67. The molecule has 2 bridgehead atoms. The third-order valence-electron chi connectivity index (χ3n) is 13.8. The van der Waals surface area contributed by atoms with E-state index in [9.17, 15) is 19.5 Å². The lowest BCUT2D eigenvalue weighted by Crippen LogP contribution is -2.78. The van der Waals surface area contributed by atoms with Crippen molar-refractivity contribution in [1.29, 1.82) is 0 Å². The van der Waals surface area contributed by atoms with Gasteiger partial charge in [-0.05, 0) is 71.1 Å². The fourth-order valence-electron chi connectivity index (χ4n) is 11.3. The summed E-state index contributed by atoms with van der Waals surface area (Å²) in [7, 11) is 0. The normalized spacial score (nSPS) is 37.4. The van der Waals surface area contributed by atoms with Gasteiger partial charge in [-0.3, -0.25) is 4.79 Å². The molecule has 320 valence electrons. The minimum Gasteiger partial charge on any atom is -0.456 e. The summed E-state index contributed by atoms with van der Waals surface area (Å²) in [5, 5.41) is 14.6. The van der Waals surface area contributed by atoms with E-state index in [-0.39, 0.29) is 19.1 Å². The second-order valence-electron chi connectivity index (χ2n) is 19.5. The van der Waals surface area contributed by atoms with Crippen LogP contribution in [0.1, 0.15) is 112 Å². The molecule has 13 nitrogen and oxygen atoms in total.